The lowest BCUT2D eigenvalue weighted by Crippen LogP contribution is -2.18. The predicted molar refractivity (Wildman–Crippen MR) is 83.4 cm³/mol. The second kappa shape index (κ2) is 6.76. The fourth-order valence-electron chi connectivity index (χ4n) is 2.37. The topological polar surface area (TPSA) is 17.0 Å². The smallest absolute Gasteiger partial charge is 0.0483 e. The number of benzene rings is 1. The molecule has 104 valence electrons. The Hall–Kier alpha value is -1.28. The van der Waals surface area contributed by atoms with Gasteiger partial charge in [-0.15, -0.1) is 0 Å². The highest BCUT2D eigenvalue weighted by molar-refractivity contribution is 5.80. The average molecular weight is 258 g/mol. The van der Waals surface area contributed by atoms with E-state index in [2.05, 4.69) is 61.1 Å². The van der Waals surface area contributed by atoms with E-state index >= 15 is 0 Å². The lowest BCUT2D eigenvalue weighted by Gasteiger charge is -2.09. The van der Waals surface area contributed by atoms with Crippen LogP contribution in [0.15, 0.2) is 30.5 Å². The summed E-state index contributed by atoms with van der Waals surface area (Å²) >= 11 is 0. The van der Waals surface area contributed by atoms with Gasteiger partial charge in [-0.2, -0.15) is 0 Å². The van der Waals surface area contributed by atoms with E-state index in [1.54, 1.807) is 0 Å². The first-order valence-electron chi connectivity index (χ1n) is 7.49. The molecular weight excluding hydrogens is 232 g/mol. The molecule has 2 nitrogen and oxygen atoms in total. The quantitative estimate of drug-likeness (QED) is 0.788. The number of hydrogen-bond donors (Lipinski definition) is 1. The first-order chi connectivity index (χ1) is 9.20. The van der Waals surface area contributed by atoms with Gasteiger partial charge in [0.05, 0.1) is 0 Å². The fraction of sp³-hybridized carbons (Fsp3) is 0.529. The van der Waals surface area contributed by atoms with Gasteiger partial charge in [-0.25, -0.2) is 0 Å². The van der Waals surface area contributed by atoms with Crippen LogP contribution in [0.5, 0.6) is 0 Å². The molecule has 0 amide bonds. The zero-order valence-corrected chi connectivity index (χ0v) is 12.4. The molecule has 0 unspecified atom stereocenters. The molecule has 0 fully saturated rings. The molecule has 0 bridgehead atoms. The summed E-state index contributed by atoms with van der Waals surface area (Å²) in [6, 6.07) is 9.03. The molecule has 2 heteroatoms. The van der Waals surface area contributed by atoms with Crippen molar-refractivity contribution < 1.29 is 0 Å². The van der Waals surface area contributed by atoms with Crippen molar-refractivity contribution in [1.82, 2.24) is 9.88 Å². The molecule has 0 spiro atoms. The summed E-state index contributed by atoms with van der Waals surface area (Å²) in [4.78, 5) is 0. The molecular formula is C17H26N2. The molecule has 19 heavy (non-hydrogen) atoms. The van der Waals surface area contributed by atoms with Crippen LogP contribution in [0.25, 0.3) is 10.9 Å². The number of hydrogen-bond acceptors (Lipinski definition) is 1. The second-order valence-corrected chi connectivity index (χ2v) is 5.78. The van der Waals surface area contributed by atoms with Gasteiger partial charge >= 0.3 is 0 Å². The van der Waals surface area contributed by atoms with Crippen molar-refractivity contribution in [3.8, 4) is 0 Å². The molecule has 0 aliphatic carbocycles. The monoisotopic (exact) mass is 258 g/mol. The van der Waals surface area contributed by atoms with Crippen LogP contribution in [0.2, 0.25) is 0 Å². The van der Waals surface area contributed by atoms with Crippen molar-refractivity contribution in [3.63, 3.8) is 0 Å². The van der Waals surface area contributed by atoms with Crippen molar-refractivity contribution in [1.29, 1.82) is 0 Å². The number of fused-ring (bicyclic) bond motifs is 1. The molecule has 0 radical (unpaired) electrons. The van der Waals surface area contributed by atoms with Gasteiger partial charge in [-0.05, 0) is 42.0 Å². The van der Waals surface area contributed by atoms with E-state index in [9.17, 15) is 0 Å². The Morgan fingerprint density at radius 2 is 2.05 bits per heavy atom. The maximum atomic E-state index is 3.51. The zero-order valence-electron chi connectivity index (χ0n) is 12.4. The third kappa shape index (κ3) is 3.84. The van der Waals surface area contributed by atoms with Gasteiger partial charge in [0, 0.05) is 24.8 Å². The van der Waals surface area contributed by atoms with E-state index in [-0.39, 0.29) is 0 Å². The summed E-state index contributed by atoms with van der Waals surface area (Å²) in [5.41, 5.74) is 2.75. The Balaban J connectivity index is 2.09. The lowest BCUT2D eigenvalue weighted by molar-refractivity contribution is 0.552. The average Bonchev–Trinajstić information content (AvgIpc) is 2.78. The summed E-state index contributed by atoms with van der Waals surface area (Å²) in [5, 5.41) is 4.86. The van der Waals surface area contributed by atoms with Crippen molar-refractivity contribution >= 4 is 10.9 Å². The first-order valence-corrected chi connectivity index (χ1v) is 7.49. The van der Waals surface area contributed by atoms with Crippen LogP contribution in [0.4, 0.5) is 0 Å². The van der Waals surface area contributed by atoms with Crippen LogP contribution in [-0.2, 0) is 13.1 Å². The minimum Gasteiger partial charge on any atom is -0.347 e. The minimum atomic E-state index is 0.706. The van der Waals surface area contributed by atoms with Crippen molar-refractivity contribution in [2.24, 2.45) is 5.92 Å². The van der Waals surface area contributed by atoms with Crippen molar-refractivity contribution in [2.45, 2.75) is 46.7 Å². The molecule has 2 aromatic rings. The Bertz CT molecular complexity index is 511. The van der Waals surface area contributed by atoms with Crippen LogP contribution >= 0.6 is 0 Å². The molecule has 0 aliphatic heterocycles. The van der Waals surface area contributed by atoms with E-state index in [1.165, 1.54) is 29.3 Å². The minimum absolute atomic E-state index is 0.706. The van der Waals surface area contributed by atoms with Crippen LogP contribution in [-0.4, -0.2) is 11.1 Å². The fourth-order valence-corrected chi connectivity index (χ4v) is 2.37. The van der Waals surface area contributed by atoms with Gasteiger partial charge in [0.2, 0.25) is 0 Å². The molecule has 1 aromatic heterocycles. The maximum Gasteiger partial charge on any atom is 0.0483 e. The molecule has 2 rings (SSSR count). The van der Waals surface area contributed by atoms with E-state index < -0.39 is 0 Å². The molecule has 0 saturated carbocycles. The third-order valence-electron chi connectivity index (χ3n) is 3.47. The standard InChI is InChI=1S/C17H26N2/c1-4-5-9-19-10-8-16-7-6-15(11-17(16)19)13-18-12-14(2)3/h6-8,10-11,14,18H,4-5,9,12-13H2,1-3H3. The van der Waals surface area contributed by atoms with Gasteiger partial charge in [-0.1, -0.05) is 39.3 Å². The molecule has 1 heterocycles. The Morgan fingerprint density at radius 1 is 1.21 bits per heavy atom. The summed E-state index contributed by atoms with van der Waals surface area (Å²) in [6.07, 6.45) is 4.71. The maximum absolute atomic E-state index is 3.51. The highest BCUT2D eigenvalue weighted by Crippen LogP contribution is 2.18. The van der Waals surface area contributed by atoms with Crippen LogP contribution < -0.4 is 5.32 Å². The van der Waals surface area contributed by atoms with Crippen LogP contribution in [0, 0.1) is 5.92 Å². The first kappa shape index (κ1) is 14.1. The number of rotatable bonds is 7. The Kier molecular flexibility index (Phi) is 5.03. The Morgan fingerprint density at radius 3 is 2.79 bits per heavy atom. The highest BCUT2D eigenvalue weighted by Gasteiger charge is 2.02. The van der Waals surface area contributed by atoms with Crippen molar-refractivity contribution in [2.75, 3.05) is 6.54 Å². The summed E-state index contributed by atoms with van der Waals surface area (Å²) in [5.74, 6) is 0.706. The molecule has 1 aromatic carbocycles. The van der Waals surface area contributed by atoms with E-state index in [4.69, 9.17) is 0 Å². The van der Waals surface area contributed by atoms with Gasteiger partial charge in [-0.3, -0.25) is 0 Å². The normalized spacial score (nSPS) is 11.6. The number of aromatic nitrogens is 1. The van der Waals surface area contributed by atoms with E-state index in [0.717, 1.165) is 19.6 Å². The molecule has 0 atom stereocenters. The van der Waals surface area contributed by atoms with Gasteiger partial charge in [0.1, 0.15) is 0 Å². The van der Waals surface area contributed by atoms with Gasteiger partial charge in [0.15, 0.2) is 0 Å². The highest BCUT2D eigenvalue weighted by atomic mass is 14.9. The third-order valence-corrected chi connectivity index (χ3v) is 3.47. The van der Waals surface area contributed by atoms with Crippen LogP contribution in [0.1, 0.15) is 39.2 Å². The number of nitrogens with one attached hydrogen (secondary N) is 1. The second-order valence-electron chi connectivity index (χ2n) is 5.78. The number of nitrogens with zero attached hydrogens (tertiary/aromatic N) is 1. The van der Waals surface area contributed by atoms with Gasteiger partial charge in [0.25, 0.3) is 0 Å². The number of unbranched alkanes of at least 4 members (excludes halogenated alkanes) is 1. The SMILES string of the molecule is CCCCn1ccc2ccc(CNCC(C)C)cc21. The largest absolute Gasteiger partial charge is 0.347 e. The number of aryl methyl sites for hydroxylation is 1. The Labute approximate surface area is 116 Å². The zero-order chi connectivity index (χ0) is 13.7. The van der Waals surface area contributed by atoms with Crippen molar-refractivity contribution in [3.05, 3.63) is 36.0 Å². The van der Waals surface area contributed by atoms with Crippen LogP contribution in [0.3, 0.4) is 0 Å². The van der Waals surface area contributed by atoms with E-state index in [1.807, 2.05) is 0 Å². The summed E-state index contributed by atoms with van der Waals surface area (Å²) in [6.45, 7) is 9.90. The molecule has 0 aliphatic rings. The van der Waals surface area contributed by atoms with Gasteiger partial charge < -0.3 is 9.88 Å². The lowest BCUT2D eigenvalue weighted by atomic mass is 10.1. The van der Waals surface area contributed by atoms with E-state index in [0.29, 0.717) is 5.92 Å². The predicted octanol–water partition coefficient (Wildman–Crippen LogP) is 4.19. The molecule has 1 N–H and O–H groups in total. The summed E-state index contributed by atoms with van der Waals surface area (Å²) < 4.78 is 2.38. The summed E-state index contributed by atoms with van der Waals surface area (Å²) in [7, 11) is 0. The molecule has 0 saturated heterocycles.